The highest BCUT2D eigenvalue weighted by molar-refractivity contribution is 6.74. The van der Waals surface area contributed by atoms with E-state index in [4.69, 9.17) is 9.16 Å². The molecule has 0 unspecified atom stereocenters. The Morgan fingerprint density at radius 2 is 1.75 bits per heavy atom. The highest BCUT2D eigenvalue weighted by Gasteiger charge is 2.51. The molecule has 1 saturated heterocycles. The van der Waals surface area contributed by atoms with Crippen LogP contribution in [0.5, 0.6) is 0 Å². The van der Waals surface area contributed by atoms with Gasteiger partial charge < -0.3 is 9.16 Å². The third-order valence-electron chi connectivity index (χ3n) is 8.68. The quantitative estimate of drug-likeness (QED) is 0.231. The molecule has 0 radical (unpaired) electrons. The molecule has 5 nitrogen and oxygen atoms in total. The molecule has 0 bridgehead atoms. The normalized spacial score (nSPS) is 31.2. The first kappa shape index (κ1) is 26.0. The van der Waals surface area contributed by atoms with Crippen molar-refractivity contribution < 1.29 is 13.7 Å². The summed E-state index contributed by atoms with van der Waals surface area (Å²) in [6, 6.07) is 1.91. The summed E-state index contributed by atoms with van der Waals surface area (Å²) in [7, 11) is 0.259. The second kappa shape index (κ2) is 10.3. The van der Waals surface area contributed by atoms with Crippen LogP contribution < -0.4 is 10.6 Å². The minimum absolute atomic E-state index is 0.193. The number of rotatable bonds is 11. The van der Waals surface area contributed by atoms with Crippen molar-refractivity contribution in [1.29, 1.82) is 0 Å². The van der Waals surface area contributed by atoms with Crippen LogP contribution in [0.25, 0.3) is 0 Å². The lowest BCUT2D eigenvalue weighted by molar-refractivity contribution is -0.597. The van der Waals surface area contributed by atoms with E-state index < -0.39 is 8.32 Å². The topological polar surface area (TPSA) is 45.5 Å². The minimum Gasteiger partial charge on any atom is -0.414 e. The van der Waals surface area contributed by atoms with Gasteiger partial charge in [-0.15, -0.1) is 0 Å². The van der Waals surface area contributed by atoms with Crippen LogP contribution in [0.1, 0.15) is 105 Å². The summed E-state index contributed by atoms with van der Waals surface area (Å²) in [6.07, 6.45) is 14.1. The molecule has 0 aliphatic carbocycles. The minimum atomic E-state index is -1.64. The first-order valence-electron chi connectivity index (χ1n) is 13.4. The number of hydrogen-bond donors (Lipinski definition) is 2. The molecular formula is C26H52N3O2Si+. The Balaban J connectivity index is 1.36. The average Bonchev–Trinajstić information content (AvgIpc) is 3.09. The molecule has 6 heteroatoms. The summed E-state index contributed by atoms with van der Waals surface area (Å²) in [5.41, 5.74) is -0.193. The van der Waals surface area contributed by atoms with Gasteiger partial charge in [0.25, 0.3) is 0 Å². The molecule has 0 aromatic carbocycles. The fourth-order valence-corrected chi connectivity index (χ4v) is 7.27. The van der Waals surface area contributed by atoms with Gasteiger partial charge in [0.2, 0.25) is 0 Å². The van der Waals surface area contributed by atoms with Gasteiger partial charge in [0.1, 0.15) is 0 Å². The van der Waals surface area contributed by atoms with Crippen LogP contribution in [0.2, 0.25) is 18.1 Å². The van der Waals surface area contributed by atoms with Gasteiger partial charge in [0.05, 0.1) is 18.1 Å². The van der Waals surface area contributed by atoms with Crippen molar-refractivity contribution in [2.75, 3.05) is 7.11 Å². The second-order valence-electron chi connectivity index (χ2n) is 12.4. The molecule has 3 aliphatic rings. The summed E-state index contributed by atoms with van der Waals surface area (Å²) < 4.78 is 15.3. The molecular weight excluding hydrogens is 414 g/mol. The van der Waals surface area contributed by atoms with Crippen LogP contribution >= 0.6 is 0 Å². The van der Waals surface area contributed by atoms with E-state index in [-0.39, 0.29) is 5.72 Å². The van der Waals surface area contributed by atoms with E-state index in [1.165, 1.54) is 63.7 Å². The van der Waals surface area contributed by atoms with E-state index in [0.717, 1.165) is 18.9 Å². The fourth-order valence-electron chi connectivity index (χ4n) is 5.79. The van der Waals surface area contributed by atoms with Crippen LogP contribution in [-0.2, 0) is 9.16 Å². The molecule has 3 rings (SSSR count). The van der Waals surface area contributed by atoms with Crippen molar-refractivity contribution >= 4 is 14.3 Å². The molecule has 5 atom stereocenters. The van der Waals surface area contributed by atoms with Crippen molar-refractivity contribution in [1.82, 2.24) is 10.6 Å². The fraction of sp³-hybridized carbons (Fsp3) is 0.962. The van der Waals surface area contributed by atoms with Crippen LogP contribution in [0, 0.1) is 0 Å². The van der Waals surface area contributed by atoms with Crippen LogP contribution in [0.3, 0.4) is 0 Å². The maximum absolute atomic E-state index is 6.51. The Bertz CT molecular complexity index is 660. The van der Waals surface area contributed by atoms with Crippen LogP contribution in [0.4, 0.5) is 0 Å². The summed E-state index contributed by atoms with van der Waals surface area (Å²) in [5, 5.41) is 7.80. The lowest BCUT2D eigenvalue weighted by Gasteiger charge is -2.41. The molecule has 0 aromatic heterocycles. The molecule has 3 heterocycles. The molecule has 0 amide bonds. The molecule has 0 aromatic rings. The van der Waals surface area contributed by atoms with Crippen molar-refractivity contribution in [2.24, 2.45) is 0 Å². The SMILES string of the molecule is CO[C@@]1(CCCCCCC[C@@H](C)O[Si](C)(C)C(C)(C)C)C[C@@H]2CC[C@@H]3C[C@H](C)NC(=[N+]32)N1. The van der Waals surface area contributed by atoms with Gasteiger partial charge in [-0.05, 0) is 57.7 Å². The van der Waals surface area contributed by atoms with Gasteiger partial charge in [-0.3, -0.25) is 9.89 Å². The van der Waals surface area contributed by atoms with Crippen molar-refractivity contribution in [2.45, 2.75) is 153 Å². The monoisotopic (exact) mass is 466 g/mol. The van der Waals surface area contributed by atoms with Gasteiger partial charge in [0, 0.05) is 32.5 Å². The summed E-state index contributed by atoms with van der Waals surface area (Å²) in [4.78, 5) is 0. The molecule has 32 heavy (non-hydrogen) atoms. The molecule has 0 spiro atoms. The van der Waals surface area contributed by atoms with E-state index in [1.54, 1.807) is 0 Å². The summed E-state index contributed by atoms with van der Waals surface area (Å²) >= 11 is 0. The Morgan fingerprint density at radius 1 is 1.09 bits per heavy atom. The first-order chi connectivity index (χ1) is 15.0. The van der Waals surface area contributed by atoms with E-state index in [9.17, 15) is 0 Å². The van der Waals surface area contributed by atoms with E-state index >= 15 is 0 Å². The Kier molecular flexibility index (Phi) is 8.41. The number of ether oxygens (including phenoxy) is 1. The number of nitrogens with zero attached hydrogens (tertiary/aromatic N) is 1. The standard InChI is InChI=1S/C26H51N3O2Si/c1-20-18-22-15-16-23-19-26(30-6,28-24(27-20)29(22)23)17-13-11-9-10-12-14-21(2)31-32(7,8)25(3,4)5/h20-23H,9-19H2,1-8H3,(H,27,28)/p+1/t20-,21+,22+,23-,26-/m0/s1. The van der Waals surface area contributed by atoms with Crippen LogP contribution in [-0.4, -0.2) is 55.9 Å². The number of guanidine groups is 1. The maximum Gasteiger partial charge on any atom is 0.348 e. The van der Waals surface area contributed by atoms with E-state index in [1.807, 2.05) is 7.11 Å². The zero-order valence-electron chi connectivity index (χ0n) is 22.4. The van der Waals surface area contributed by atoms with Gasteiger partial charge in [-0.2, -0.15) is 0 Å². The van der Waals surface area contributed by atoms with E-state index in [2.05, 4.69) is 62.9 Å². The smallest absolute Gasteiger partial charge is 0.348 e. The average molecular weight is 467 g/mol. The molecule has 0 saturated carbocycles. The van der Waals surface area contributed by atoms with Gasteiger partial charge >= 0.3 is 5.96 Å². The zero-order chi connectivity index (χ0) is 23.6. The first-order valence-corrected chi connectivity index (χ1v) is 16.3. The maximum atomic E-state index is 6.51. The van der Waals surface area contributed by atoms with Gasteiger partial charge in [-0.1, -0.05) is 46.5 Å². The van der Waals surface area contributed by atoms with E-state index in [0.29, 0.717) is 23.2 Å². The number of methoxy groups -OCH3 is 1. The third kappa shape index (κ3) is 6.09. The number of nitrogens with one attached hydrogen (secondary N) is 2. The Labute approximate surface area is 199 Å². The summed E-state index contributed by atoms with van der Waals surface area (Å²) in [6.45, 7) is 16.3. The molecule has 2 N–H and O–H groups in total. The van der Waals surface area contributed by atoms with Crippen molar-refractivity contribution in [3.8, 4) is 0 Å². The second-order valence-corrected chi connectivity index (χ2v) is 17.2. The van der Waals surface area contributed by atoms with Gasteiger partial charge in [0.15, 0.2) is 14.0 Å². The highest BCUT2D eigenvalue weighted by atomic mass is 28.4. The highest BCUT2D eigenvalue weighted by Crippen LogP contribution is 2.38. The third-order valence-corrected chi connectivity index (χ3v) is 13.3. The lowest BCUT2D eigenvalue weighted by Crippen LogP contribution is -2.67. The molecule has 1 fully saturated rings. The predicted molar refractivity (Wildman–Crippen MR) is 137 cm³/mol. The Hall–Kier alpha value is -0.593. The molecule has 186 valence electrons. The predicted octanol–water partition coefficient (Wildman–Crippen LogP) is 5.74. The number of hydrogen-bond acceptors (Lipinski definition) is 4. The molecule has 3 aliphatic heterocycles. The lowest BCUT2D eigenvalue weighted by atomic mass is 9.93. The van der Waals surface area contributed by atoms with Crippen molar-refractivity contribution in [3.63, 3.8) is 0 Å². The Morgan fingerprint density at radius 3 is 2.44 bits per heavy atom. The zero-order valence-corrected chi connectivity index (χ0v) is 23.4. The van der Waals surface area contributed by atoms with Crippen LogP contribution in [0.15, 0.2) is 0 Å². The summed E-state index contributed by atoms with van der Waals surface area (Å²) in [5.74, 6) is 1.24. The largest absolute Gasteiger partial charge is 0.414 e. The number of unbranched alkanes of at least 4 members (excludes halogenated alkanes) is 4. The van der Waals surface area contributed by atoms with Crippen molar-refractivity contribution in [3.05, 3.63) is 0 Å². The van der Waals surface area contributed by atoms with Gasteiger partial charge in [-0.25, -0.2) is 5.32 Å².